The summed E-state index contributed by atoms with van der Waals surface area (Å²) < 4.78 is 10.9. The second-order valence-corrected chi connectivity index (χ2v) is 4.57. The maximum atomic E-state index is 11.1. The Balaban J connectivity index is 2.70. The molecule has 18 heavy (non-hydrogen) atoms. The van der Waals surface area contributed by atoms with Gasteiger partial charge in [-0.3, -0.25) is 4.79 Å². The van der Waals surface area contributed by atoms with Crippen molar-refractivity contribution in [3.05, 3.63) is 24.3 Å². The number of carbonyl (C=O) groups excluding carboxylic acids is 1. The number of rotatable bonds is 6. The van der Waals surface area contributed by atoms with E-state index in [9.17, 15) is 4.79 Å². The molecule has 1 rings (SSSR count). The molecule has 100 valence electrons. The summed E-state index contributed by atoms with van der Waals surface area (Å²) in [5, 5.41) is 0. The Kier molecular flexibility index (Phi) is 4.55. The Labute approximate surface area is 107 Å². The number of hydrogen-bond acceptors (Lipinski definition) is 4. The van der Waals surface area contributed by atoms with Crippen LogP contribution < -0.4 is 20.9 Å². The number of benzene rings is 1. The molecule has 0 bridgehead atoms. The van der Waals surface area contributed by atoms with Crippen molar-refractivity contribution in [2.75, 3.05) is 7.11 Å². The summed E-state index contributed by atoms with van der Waals surface area (Å²) >= 11 is 0. The van der Waals surface area contributed by atoms with Gasteiger partial charge in [-0.1, -0.05) is 12.1 Å². The van der Waals surface area contributed by atoms with Crippen LogP contribution in [0, 0.1) is 0 Å². The first-order valence-corrected chi connectivity index (χ1v) is 5.75. The van der Waals surface area contributed by atoms with Gasteiger partial charge in [-0.15, -0.1) is 0 Å². The van der Waals surface area contributed by atoms with Crippen molar-refractivity contribution in [3.8, 4) is 11.5 Å². The highest BCUT2D eigenvalue weighted by atomic mass is 16.5. The number of ether oxygens (including phenoxy) is 2. The predicted molar refractivity (Wildman–Crippen MR) is 69.5 cm³/mol. The van der Waals surface area contributed by atoms with E-state index in [1.807, 2.05) is 19.1 Å². The summed E-state index contributed by atoms with van der Waals surface area (Å²) in [6.45, 7) is 3.43. The molecule has 2 atom stereocenters. The second-order valence-electron chi connectivity index (χ2n) is 4.57. The minimum atomic E-state index is -1.08. The average Bonchev–Trinajstić information content (AvgIpc) is 2.28. The zero-order chi connectivity index (χ0) is 13.8. The molecule has 0 saturated heterocycles. The van der Waals surface area contributed by atoms with E-state index in [1.165, 1.54) is 0 Å². The molecule has 0 spiro atoms. The van der Waals surface area contributed by atoms with Gasteiger partial charge in [-0.25, -0.2) is 0 Å². The van der Waals surface area contributed by atoms with Crippen LogP contribution in [-0.2, 0) is 4.79 Å². The lowest BCUT2D eigenvalue weighted by atomic mass is 9.95. The molecule has 5 nitrogen and oxygen atoms in total. The van der Waals surface area contributed by atoms with Gasteiger partial charge in [0.2, 0.25) is 5.91 Å². The highest BCUT2D eigenvalue weighted by Crippen LogP contribution is 2.27. The van der Waals surface area contributed by atoms with Crippen LogP contribution in [0.5, 0.6) is 11.5 Å². The maximum absolute atomic E-state index is 11.1. The van der Waals surface area contributed by atoms with E-state index in [0.717, 1.165) is 0 Å². The summed E-state index contributed by atoms with van der Waals surface area (Å²) in [6.07, 6.45) is 0.0872. The molecule has 0 aromatic heterocycles. The molecular formula is C13H20N2O3. The number of methoxy groups -OCH3 is 1. The molecule has 2 unspecified atom stereocenters. The molecule has 0 fully saturated rings. The van der Waals surface area contributed by atoms with E-state index in [0.29, 0.717) is 17.9 Å². The average molecular weight is 252 g/mol. The highest BCUT2D eigenvalue weighted by Gasteiger charge is 2.29. The first-order chi connectivity index (χ1) is 8.36. The lowest BCUT2D eigenvalue weighted by Crippen LogP contribution is -2.51. The van der Waals surface area contributed by atoms with Crippen LogP contribution in [0.15, 0.2) is 24.3 Å². The predicted octanol–water partition coefficient (Wildman–Crippen LogP) is 1.06. The minimum absolute atomic E-state index is 0.246. The fourth-order valence-electron chi connectivity index (χ4n) is 1.67. The summed E-state index contributed by atoms with van der Waals surface area (Å²) in [4.78, 5) is 11.1. The number of nitrogens with two attached hydrogens (primary N) is 2. The normalized spacial score (nSPS) is 15.6. The Morgan fingerprint density at radius 2 is 1.94 bits per heavy atom. The highest BCUT2D eigenvalue weighted by molar-refractivity contribution is 5.83. The molecule has 1 aromatic carbocycles. The summed E-state index contributed by atoms with van der Waals surface area (Å²) in [5.41, 5.74) is 9.94. The van der Waals surface area contributed by atoms with Crippen LogP contribution in [0.4, 0.5) is 0 Å². The fraction of sp³-hybridized carbons (Fsp3) is 0.462. The maximum Gasteiger partial charge on any atom is 0.237 e. The van der Waals surface area contributed by atoms with E-state index in [2.05, 4.69) is 0 Å². The van der Waals surface area contributed by atoms with E-state index in [-0.39, 0.29) is 6.10 Å². The summed E-state index contributed by atoms with van der Waals surface area (Å²) in [6, 6.07) is 7.30. The van der Waals surface area contributed by atoms with Crippen LogP contribution in [0.2, 0.25) is 0 Å². The quantitative estimate of drug-likeness (QED) is 0.792. The fourth-order valence-corrected chi connectivity index (χ4v) is 1.67. The Hall–Kier alpha value is -1.75. The molecule has 1 amide bonds. The van der Waals surface area contributed by atoms with Crippen molar-refractivity contribution < 1.29 is 14.3 Å². The molecular weight excluding hydrogens is 232 g/mol. The molecule has 0 aliphatic carbocycles. The van der Waals surface area contributed by atoms with Gasteiger partial charge in [-0.05, 0) is 26.0 Å². The Morgan fingerprint density at radius 3 is 2.44 bits per heavy atom. The molecule has 0 aliphatic heterocycles. The van der Waals surface area contributed by atoms with Gasteiger partial charge >= 0.3 is 0 Å². The van der Waals surface area contributed by atoms with Crippen molar-refractivity contribution in [1.29, 1.82) is 0 Å². The number of primary amides is 1. The van der Waals surface area contributed by atoms with Crippen molar-refractivity contribution in [2.45, 2.75) is 31.9 Å². The monoisotopic (exact) mass is 252 g/mol. The van der Waals surface area contributed by atoms with Gasteiger partial charge in [0.15, 0.2) is 11.5 Å². The van der Waals surface area contributed by atoms with Crippen LogP contribution in [-0.4, -0.2) is 24.7 Å². The molecule has 0 heterocycles. The van der Waals surface area contributed by atoms with Crippen LogP contribution >= 0.6 is 0 Å². The smallest absolute Gasteiger partial charge is 0.237 e. The zero-order valence-corrected chi connectivity index (χ0v) is 11.0. The number of carbonyl (C=O) groups is 1. The van der Waals surface area contributed by atoms with Gasteiger partial charge in [0.25, 0.3) is 0 Å². The topological polar surface area (TPSA) is 87.6 Å². The lowest BCUT2D eigenvalue weighted by molar-refractivity contribution is -0.123. The van der Waals surface area contributed by atoms with Gasteiger partial charge in [0, 0.05) is 6.42 Å². The third kappa shape index (κ3) is 3.63. The third-order valence-electron chi connectivity index (χ3n) is 2.67. The molecule has 0 aliphatic rings. The summed E-state index contributed by atoms with van der Waals surface area (Å²) in [7, 11) is 1.57. The van der Waals surface area contributed by atoms with Gasteiger partial charge in [0.1, 0.15) is 0 Å². The van der Waals surface area contributed by atoms with Crippen LogP contribution in [0.25, 0.3) is 0 Å². The molecule has 5 heteroatoms. The third-order valence-corrected chi connectivity index (χ3v) is 2.67. The van der Waals surface area contributed by atoms with Crippen molar-refractivity contribution in [2.24, 2.45) is 11.5 Å². The van der Waals surface area contributed by atoms with Gasteiger partial charge in [0.05, 0.1) is 18.8 Å². The number of hydrogen-bond donors (Lipinski definition) is 2. The number of amides is 1. The van der Waals surface area contributed by atoms with Crippen molar-refractivity contribution >= 4 is 5.91 Å². The Morgan fingerprint density at radius 1 is 1.39 bits per heavy atom. The molecule has 4 N–H and O–H groups in total. The SMILES string of the molecule is COc1ccccc1OC(C)CC(C)(N)C(N)=O. The van der Waals surface area contributed by atoms with Gasteiger partial charge in [-0.2, -0.15) is 0 Å². The largest absolute Gasteiger partial charge is 0.493 e. The van der Waals surface area contributed by atoms with E-state index < -0.39 is 11.4 Å². The first kappa shape index (κ1) is 14.3. The lowest BCUT2D eigenvalue weighted by Gasteiger charge is -2.25. The molecule has 0 radical (unpaired) electrons. The summed E-state index contributed by atoms with van der Waals surface area (Å²) in [5.74, 6) is 0.716. The molecule has 1 aromatic rings. The van der Waals surface area contributed by atoms with Crippen molar-refractivity contribution in [3.63, 3.8) is 0 Å². The second kappa shape index (κ2) is 5.73. The standard InChI is InChI=1S/C13H20N2O3/c1-9(8-13(2,15)12(14)16)18-11-7-5-4-6-10(11)17-3/h4-7,9H,8,15H2,1-3H3,(H2,14,16). The van der Waals surface area contributed by atoms with E-state index in [4.69, 9.17) is 20.9 Å². The Bertz CT molecular complexity index is 418. The van der Waals surface area contributed by atoms with Gasteiger partial charge < -0.3 is 20.9 Å². The molecule has 0 saturated carbocycles. The number of para-hydroxylation sites is 2. The van der Waals surface area contributed by atoms with Crippen molar-refractivity contribution in [1.82, 2.24) is 0 Å². The van der Waals surface area contributed by atoms with E-state index >= 15 is 0 Å². The van der Waals surface area contributed by atoms with Crippen LogP contribution in [0.3, 0.4) is 0 Å². The first-order valence-electron chi connectivity index (χ1n) is 5.75. The minimum Gasteiger partial charge on any atom is -0.493 e. The van der Waals surface area contributed by atoms with Crippen LogP contribution in [0.1, 0.15) is 20.3 Å². The zero-order valence-electron chi connectivity index (χ0n) is 11.0. The van der Waals surface area contributed by atoms with E-state index in [1.54, 1.807) is 26.2 Å².